The molecule has 0 spiro atoms. The summed E-state index contributed by atoms with van der Waals surface area (Å²) in [6.07, 6.45) is 0.248. The van der Waals surface area contributed by atoms with Crippen LogP contribution < -0.4 is 5.32 Å². The lowest BCUT2D eigenvalue weighted by Gasteiger charge is -2.20. The fourth-order valence-corrected chi connectivity index (χ4v) is 2.01. The van der Waals surface area contributed by atoms with E-state index in [1.807, 2.05) is 24.3 Å². The van der Waals surface area contributed by atoms with E-state index < -0.39 is 17.9 Å². The van der Waals surface area contributed by atoms with Crippen LogP contribution in [0.15, 0.2) is 24.3 Å². The highest BCUT2D eigenvalue weighted by Crippen LogP contribution is 2.22. The van der Waals surface area contributed by atoms with Crippen molar-refractivity contribution in [2.75, 3.05) is 13.2 Å². The molecule has 5 heteroatoms. The maximum Gasteiger partial charge on any atom is 0.326 e. The van der Waals surface area contributed by atoms with E-state index in [4.69, 9.17) is 4.74 Å². The minimum Gasteiger partial charge on any atom is -0.480 e. The fraction of sp³-hybridized carbons (Fsp3) is 0.529. The third-order valence-electron chi connectivity index (χ3n) is 3.33. The predicted molar refractivity (Wildman–Crippen MR) is 84.9 cm³/mol. The Labute approximate surface area is 131 Å². The van der Waals surface area contributed by atoms with Crippen molar-refractivity contribution in [3.8, 4) is 0 Å². The van der Waals surface area contributed by atoms with E-state index in [-0.39, 0.29) is 18.4 Å². The molecule has 1 rings (SSSR count). The minimum absolute atomic E-state index is 0.0520. The fourth-order valence-electron chi connectivity index (χ4n) is 2.01. The predicted octanol–water partition coefficient (Wildman–Crippen LogP) is 2.13. The SMILES string of the molecule is CCOCC(=O)N[C@@H](Cc1ccc(C(C)(C)C)cc1)C(=O)O. The highest BCUT2D eigenvalue weighted by atomic mass is 16.5. The van der Waals surface area contributed by atoms with Crippen LogP contribution in [0.4, 0.5) is 0 Å². The standard InChI is InChI=1S/C17H25NO4/c1-5-22-11-15(19)18-14(16(20)21)10-12-6-8-13(9-7-12)17(2,3)4/h6-9,14H,5,10-11H2,1-4H3,(H,18,19)(H,20,21)/t14-/m0/s1. The Kier molecular flexibility index (Phi) is 6.56. The van der Waals surface area contributed by atoms with Crippen LogP contribution in [-0.4, -0.2) is 36.2 Å². The van der Waals surface area contributed by atoms with Crippen LogP contribution in [-0.2, 0) is 26.2 Å². The third kappa shape index (κ3) is 5.85. The van der Waals surface area contributed by atoms with Crippen molar-refractivity contribution in [3.63, 3.8) is 0 Å². The summed E-state index contributed by atoms with van der Waals surface area (Å²) in [5.41, 5.74) is 2.11. The highest BCUT2D eigenvalue weighted by Gasteiger charge is 2.21. The normalized spacial score (nSPS) is 12.7. The van der Waals surface area contributed by atoms with Crippen molar-refractivity contribution >= 4 is 11.9 Å². The van der Waals surface area contributed by atoms with Gasteiger partial charge in [-0.15, -0.1) is 0 Å². The van der Waals surface area contributed by atoms with Crippen molar-refractivity contribution in [1.29, 1.82) is 0 Å². The number of carbonyl (C=O) groups excluding carboxylic acids is 1. The van der Waals surface area contributed by atoms with Crippen LogP contribution in [0.2, 0.25) is 0 Å². The Morgan fingerprint density at radius 1 is 1.23 bits per heavy atom. The first kappa shape index (κ1) is 18.2. The molecule has 2 N–H and O–H groups in total. The number of nitrogens with one attached hydrogen (secondary N) is 1. The van der Waals surface area contributed by atoms with Gasteiger partial charge in [-0.2, -0.15) is 0 Å². The maximum atomic E-state index is 11.6. The summed E-state index contributed by atoms with van der Waals surface area (Å²) in [5, 5.41) is 11.7. The number of hydrogen-bond acceptors (Lipinski definition) is 3. The van der Waals surface area contributed by atoms with Gasteiger partial charge in [-0.3, -0.25) is 4.79 Å². The van der Waals surface area contributed by atoms with E-state index in [0.717, 1.165) is 5.56 Å². The Morgan fingerprint density at radius 3 is 2.27 bits per heavy atom. The summed E-state index contributed by atoms with van der Waals surface area (Å²) < 4.78 is 4.97. The van der Waals surface area contributed by atoms with Gasteiger partial charge in [0.15, 0.2) is 0 Å². The van der Waals surface area contributed by atoms with Crippen LogP contribution in [0.3, 0.4) is 0 Å². The van der Waals surface area contributed by atoms with Gasteiger partial charge in [0.05, 0.1) is 0 Å². The van der Waals surface area contributed by atoms with E-state index in [2.05, 4.69) is 26.1 Å². The summed E-state index contributed by atoms with van der Waals surface area (Å²) >= 11 is 0. The Hall–Kier alpha value is -1.88. The van der Waals surface area contributed by atoms with Crippen molar-refractivity contribution in [2.45, 2.75) is 45.6 Å². The second kappa shape index (κ2) is 7.94. The molecule has 1 aromatic rings. The second-order valence-corrected chi connectivity index (χ2v) is 6.25. The number of carboxylic acid groups (broad SMARTS) is 1. The molecular formula is C17H25NO4. The van der Waals surface area contributed by atoms with Crippen LogP contribution in [0.5, 0.6) is 0 Å². The number of carbonyl (C=O) groups is 2. The molecule has 22 heavy (non-hydrogen) atoms. The topological polar surface area (TPSA) is 75.6 Å². The molecule has 1 atom stereocenters. The van der Waals surface area contributed by atoms with Gasteiger partial charge in [0.2, 0.25) is 5.91 Å². The number of carboxylic acids is 1. The third-order valence-corrected chi connectivity index (χ3v) is 3.33. The summed E-state index contributed by atoms with van der Waals surface area (Å²) in [6.45, 7) is 8.43. The Balaban J connectivity index is 2.71. The number of amides is 1. The lowest BCUT2D eigenvalue weighted by molar-refractivity contribution is -0.142. The molecule has 0 fully saturated rings. The zero-order chi connectivity index (χ0) is 16.8. The lowest BCUT2D eigenvalue weighted by atomic mass is 9.86. The van der Waals surface area contributed by atoms with Gasteiger partial charge in [0.1, 0.15) is 12.6 Å². The van der Waals surface area contributed by atoms with Crippen LogP contribution in [0.1, 0.15) is 38.8 Å². The van der Waals surface area contributed by atoms with Crippen LogP contribution in [0.25, 0.3) is 0 Å². The van der Waals surface area contributed by atoms with Gasteiger partial charge in [-0.05, 0) is 23.5 Å². The van der Waals surface area contributed by atoms with Gasteiger partial charge in [0.25, 0.3) is 0 Å². The summed E-state index contributed by atoms with van der Waals surface area (Å²) in [5.74, 6) is -1.47. The number of benzene rings is 1. The van der Waals surface area contributed by atoms with Crippen molar-refractivity contribution in [1.82, 2.24) is 5.32 Å². The van der Waals surface area contributed by atoms with Gasteiger partial charge in [-0.1, -0.05) is 45.0 Å². The van der Waals surface area contributed by atoms with Gasteiger partial charge in [0, 0.05) is 13.0 Å². The zero-order valence-corrected chi connectivity index (χ0v) is 13.7. The first-order chi connectivity index (χ1) is 10.2. The number of rotatable bonds is 7. The lowest BCUT2D eigenvalue weighted by Crippen LogP contribution is -2.43. The quantitative estimate of drug-likeness (QED) is 0.809. The highest BCUT2D eigenvalue weighted by molar-refractivity contribution is 5.84. The molecule has 0 aromatic heterocycles. The molecule has 0 heterocycles. The van der Waals surface area contributed by atoms with E-state index in [0.29, 0.717) is 6.61 Å². The molecule has 122 valence electrons. The average molecular weight is 307 g/mol. The maximum absolute atomic E-state index is 11.6. The van der Waals surface area contributed by atoms with Crippen LogP contribution >= 0.6 is 0 Å². The van der Waals surface area contributed by atoms with Crippen LogP contribution in [0, 0.1) is 0 Å². The Bertz CT molecular complexity index is 502. The number of hydrogen-bond donors (Lipinski definition) is 2. The van der Waals surface area contributed by atoms with E-state index >= 15 is 0 Å². The molecule has 0 saturated carbocycles. The van der Waals surface area contributed by atoms with Gasteiger partial charge < -0.3 is 15.2 Å². The number of aliphatic carboxylic acids is 1. The monoisotopic (exact) mass is 307 g/mol. The van der Waals surface area contributed by atoms with Gasteiger partial charge >= 0.3 is 5.97 Å². The van der Waals surface area contributed by atoms with E-state index in [1.165, 1.54) is 5.56 Å². The average Bonchev–Trinajstić information content (AvgIpc) is 2.44. The smallest absolute Gasteiger partial charge is 0.326 e. The van der Waals surface area contributed by atoms with E-state index in [9.17, 15) is 14.7 Å². The first-order valence-corrected chi connectivity index (χ1v) is 7.43. The molecule has 5 nitrogen and oxygen atoms in total. The summed E-state index contributed by atoms with van der Waals surface area (Å²) in [7, 11) is 0. The molecule has 0 unspecified atom stereocenters. The molecule has 0 saturated heterocycles. The van der Waals surface area contributed by atoms with Crippen molar-refractivity contribution in [3.05, 3.63) is 35.4 Å². The molecule has 0 aliphatic rings. The Morgan fingerprint density at radius 2 is 1.82 bits per heavy atom. The molecule has 1 amide bonds. The molecule has 1 aromatic carbocycles. The van der Waals surface area contributed by atoms with Crippen molar-refractivity contribution in [2.24, 2.45) is 0 Å². The summed E-state index contributed by atoms with van der Waals surface area (Å²) in [4.78, 5) is 22.9. The number of ether oxygens (including phenoxy) is 1. The zero-order valence-electron chi connectivity index (χ0n) is 13.7. The molecule has 0 aliphatic carbocycles. The largest absolute Gasteiger partial charge is 0.480 e. The first-order valence-electron chi connectivity index (χ1n) is 7.43. The molecule has 0 aliphatic heterocycles. The minimum atomic E-state index is -1.05. The van der Waals surface area contributed by atoms with E-state index in [1.54, 1.807) is 6.92 Å². The molecule has 0 radical (unpaired) electrons. The second-order valence-electron chi connectivity index (χ2n) is 6.25. The van der Waals surface area contributed by atoms with Crippen molar-refractivity contribution < 1.29 is 19.4 Å². The molecule has 0 bridgehead atoms. The van der Waals surface area contributed by atoms with Gasteiger partial charge in [-0.25, -0.2) is 4.79 Å². The molecular weight excluding hydrogens is 282 g/mol. The summed E-state index contributed by atoms with van der Waals surface area (Å²) in [6, 6.07) is 6.86.